The average molecular weight is 508 g/mol. The molecule has 33 heavy (non-hydrogen) atoms. The summed E-state index contributed by atoms with van der Waals surface area (Å²) in [6.07, 6.45) is 5.53. The molecule has 10 heteroatoms. The minimum absolute atomic E-state index is 0.182. The molecule has 6 nitrogen and oxygen atoms in total. The van der Waals surface area contributed by atoms with E-state index >= 15 is 0 Å². The first-order valence-electron chi connectivity index (χ1n) is 10.8. The van der Waals surface area contributed by atoms with Crippen molar-refractivity contribution in [3.05, 3.63) is 69.7 Å². The quantitative estimate of drug-likeness (QED) is 0.377. The lowest BCUT2D eigenvalue weighted by Gasteiger charge is -2.22. The molecule has 4 rings (SSSR count). The number of carbonyl (C=O) groups excluding carboxylic acids is 1. The molecule has 0 aliphatic heterocycles. The van der Waals surface area contributed by atoms with E-state index < -0.39 is 0 Å². The first kappa shape index (κ1) is 23.9. The van der Waals surface area contributed by atoms with E-state index in [0.717, 1.165) is 31.2 Å². The number of urea groups is 1. The molecule has 2 N–H and O–H groups in total. The zero-order valence-electron chi connectivity index (χ0n) is 17.9. The van der Waals surface area contributed by atoms with Gasteiger partial charge >= 0.3 is 6.03 Å². The van der Waals surface area contributed by atoms with Gasteiger partial charge in [0.2, 0.25) is 0 Å². The van der Waals surface area contributed by atoms with Crippen molar-refractivity contribution in [2.75, 3.05) is 0 Å². The second-order valence-corrected chi connectivity index (χ2v) is 9.69. The maximum atomic E-state index is 13.2. The Morgan fingerprint density at radius 2 is 1.85 bits per heavy atom. The second kappa shape index (κ2) is 11.2. The molecule has 2 amide bonds. The number of carbonyl (C=O) groups is 1. The Morgan fingerprint density at radius 1 is 1.09 bits per heavy atom. The minimum atomic E-state index is -0.278. The summed E-state index contributed by atoms with van der Waals surface area (Å²) in [5.41, 5.74) is 1.61. The molecule has 0 bridgehead atoms. The van der Waals surface area contributed by atoms with Crippen LogP contribution >= 0.6 is 35.0 Å². The molecule has 0 radical (unpaired) electrons. The van der Waals surface area contributed by atoms with E-state index in [-0.39, 0.29) is 24.4 Å². The molecular formula is C23H24Cl2FN5OS. The summed E-state index contributed by atoms with van der Waals surface area (Å²) in [6, 6.07) is 11.5. The number of aromatic nitrogens is 3. The normalized spacial score (nSPS) is 14.3. The summed E-state index contributed by atoms with van der Waals surface area (Å²) in [5, 5.41) is 16.1. The summed E-state index contributed by atoms with van der Waals surface area (Å²) in [6.45, 7) is 0.182. The molecule has 0 saturated heterocycles. The Hall–Kier alpha value is -2.29. The zero-order valence-corrected chi connectivity index (χ0v) is 20.2. The molecule has 0 spiro atoms. The highest BCUT2D eigenvalue weighted by Crippen LogP contribution is 2.30. The molecule has 1 aliphatic rings. The number of hydrogen-bond donors (Lipinski definition) is 2. The van der Waals surface area contributed by atoms with E-state index in [4.69, 9.17) is 23.2 Å². The number of hydrogen-bond acceptors (Lipinski definition) is 4. The second-order valence-electron chi connectivity index (χ2n) is 7.91. The Morgan fingerprint density at radius 3 is 2.58 bits per heavy atom. The van der Waals surface area contributed by atoms with E-state index in [1.807, 2.05) is 4.57 Å². The summed E-state index contributed by atoms with van der Waals surface area (Å²) in [5.74, 6) is 0.832. The maximum Gasteiger partial charge on any atom is 0.315 e. The Labute approximate surface area is 206 Å². The number of amides is 2. The zero-order chi connectivity index (χ0) is 23.2. The van der Waals surface area contributed by atoms with Crippen LogP contribution in [0.25, 0.3) is 5.69 Å². The van der Waals surface area contributed by atoms with Crippen LogP contribution in [0.4, 0.5) is 9.18 Å². The predicted molar refractivity (Wildman–Crippen MR) is 130 cm³/mol. The third kappa shape index (κ3) is 6.40. The van der Waals surface area contributed by atoms with Gasteiger partial charge in [0.05, 0.1) is 17.3 Å². The van der Waals surface area contributed by atoms with Gasteiger partial charge < -0.3 is 10.6 Å². The van der Waals surface area contributed by atoms with Gasteiger partial charge in [-0.25, -0.2) is 9.18 Å². The molecule has 0 atom stereocenters. The molecule has 2 aromatic carbocycles. The lowest BCUT2D eigenvalue weighted by molar-refractivity contribution is 0.232. The Balaban J connectivity index is 1.51. The third-order valence-corrected chi connectivity index (χ3v) is 7.02. The SMILES string of the molecule is O=C(NCc1nnc(SCc2ccc(F)cc2)n1-c1ccc(Cl)cc1Cl)NC1CCCCC1. The topological polar surface area (TPSA) is 71.8 Å². The highest BCUT2D eigenvalue weighted by atomic mass is 35.5. The number of nitrogens with zero attached hydrogens (tertiary/aromatic N) is 3. The lowest BCUT2D eigenvalue weighted by Crippen LogP contribution is -2.42. The van der Waals surface area contributed by atoms with Gasteiger partial charge in [0.25, 0.3) is 0 Å². The van der Waals surface area contributed by atoms with Crippen LogP contribution in [-0.2, 0) is 12.3 Å². The first-order valence-corrected chi connectivity index (χ1v) is 12.5. The summed E-state index contributed by atoms with van der Waals surface area (Å²) in [4.78, 5) is 12.4. The van der Waals surface area contributed by atoms with Crippen molar-refractivity contribution in [2.24, 2.45) is 0 Å². The molecule has 0 unspecified atom stereocenters. The Bertz CT molecular complexity index is 1100. The number of benzene rings is 2. The van der Waals surface area contributed by atoms with Gasteiger partial charge in [-0.15, -0.1) is 10.2 Å². The minimum Gasteiger partial charge on any atom is -0.335 e. The van der Waals surface area contributed by atoms with Crippen LogP contribution in [0.1, 0.15) is 43.5 Å². The molecular weight excluding hydrogens is 484 g/mol. The molecule has 174 valence electrons. The molecule has 1 saturated carbocycles. The fourth-order valence-electron chi connectivity index (χ4n) is 3.78. The molecule has 1 heterocycles. The van der Waals surface area contributed by atoms with Crippen LogP contribution in [0.2, 0.25) is 10.0 Å². The highest BCUT2D eigenvalue weighted by Gasteiger charge is 2.19. The van der Waals surface area contributed by atoms with Crippen molar-refractivity contribution in [2.45, 2.75) is 55.6 Å². The number of nitrogens with one attached hydrogen (secondary N) is 2. The fourth-order valence-corrected chi connectivity index (χ4v) is 5.20. The van der Waals surface area contributed by atoms with Crippen LogP contribution in [-0.4, -0.2) is 26.8 Å². The van der Waals surface area contributed by atoms with E-state index in [9.17, 15) is 9.18 Å². The highest BCUT2D eigenvalue weighted by molar-refractivity contribution is 7.98. The first-order chi connectivity index (χ1) is 16.0. The van der Waals surface area contributed by atoms with Crippen molar-refractivity contribution < 1.29 is 9.18 Å². The number of thioether (sulfide) groups is 1. The molecule has 1 aromatic heterocycles. The molecule has 1 aliphatic carbocycles. The van der Waals surface area contributed by atoms with E-state index in [1.54, 1.807) is 30.3 Å². The van der Waals surface area contributed by atoms with Crippen molar-refractivity contribution in [3.8, 4) is 5.69 Å². The van der Waals surface area contributed by atoms with Gasteiger partial charge in [-0.3, -0.25) is 4.57 Å². The van der Waals surface area contributed by atoms with Gasteiger partial charge in [-0.05, 0) is 48.7 Å². The van der Waals surface area contributed by atoms with Gasteiger partial charge in [0.1, 0.15) is 5.82 Å². The lowest BCUT2D eigenvalue weighted by atomic mass is 9.96. The van der Waals surface area contributed by atoms with Crippen molar-refractivity contribution >= 4 is 41.0 Å². The largest absolute Gasteiger partial charge is 0.335 e. The monoisotopic (exact) mass is 507 g/mol. The predicted octanol–water partition coefficient (Wildman–Crippen LogP) is 6.14. The smallest absolute Gasteiger partial charge is 0.315 e. The van der Waals surface area contributed by atoms with Gasteiger partial charge in [-0.2, -0.15) is 0 Å². The fraction of sp³-hybridized carbons (Fsp3) is 0.348. The van der Waals surface area contributed by atoms with Gasteiger partial charge in [0, 0.05) is 16.8 Å². The van der Waals surface area contributed by atoms with E-state index in [2.05, 4.69) is 20.8 Å². The van der Waals surface area contributed by atoms with Crippen molar-refractivity contribution in [1.29, 1.82) is 0 Å². The van der Waals surface area contributed by atoms with Crippen molar-refractivity contribution in [3.63, 3.8) is 0 Å². The van der Waals surface area contributed by atoms with Crippen LogP contribution in [0, 0.1) is 5.82 Å². The summed E-state index contributed by atoms with van der Waals surface area (Å²) >= 11 is 14.0. The Kier molecular flexibility index (Phi) is 8.11. The van der Waals surface area contributed by atoms with Gasteiger partial charge in [-0.1, -0.05) is 66.4 Å². The molecule has 3 aromatic rings. The summed E-state index contributed by atoms with van der Waals surface area (Å²) < 4.78 is 15.0. The average Bonchev–Trinajstić information content (AvgIpc) is 3.20. The summed E-state index contributed by atoms with van der Waals surface area (Å²) in [7, 11) is 0. The van der Waals surface area contributed by atoms with Crippen LogP contribution in [0.15, 0.2) is 47.6 Å². The van der Waals surface area contributed by atoms with Crippen LogP contribution in [0.5, 0.6) is 0 Å². The standard InChI is InChI=1S/C23H24Cl2FN5OS/c24-16-8-11-20(19(25)12-16)31-21(13-27-22(32)28-18-4-2-1-3-5-18)29-30-23(31)33-14-15-6-9-17(26)10-7-15/h6-12,18H,1-5,13-14H2,(H2,27,28,32). The third-order valence-electron chi connectivity index (χ3n) is 5.48. The number of halogens is 3. The van der Waals surface area contributed by atoms with E-state index in [0.29, 0.717) is 32.5 Å². The van der Waals surface area contributed by atoms with Gasteiger partial charge in [0.15, 0.2) is 11.0 Å². The number of rotatable bonds is 7. The van der Waals surface area contributed by atoms with Crippen LogP contribution < -0.4 is 10.6 Å². The molecule has 1 fully saturated rings. The van der Waals surface area contributed by atoms with E-state index in [1.165, 1.54) is 30.3 Å². The van der Waals surface area contributed by atoms with Crippen LogP contribution in [0.3, 0.4) is 0 Å². The maximum absolute atomic E-state index is 13.2. The van der Waals surface area contributed by atoms with Crippen molar-refractivity contribution in [1.82, 2.24) is 25.4 Å².